The van der Waals surface area contributed by atoms with Gasteiger partial charge in [-0.05, 0) is 32.7 Å². The molecule has 2 bridgehead atoms. The summed E-state index contributed by atoms with van der Waals surface area (Å²) in [5, 5.41) is 3.42. The maximum Gasteiger partial charge on any atom is 0.0954 e. The second-order valence-corrected chi connectivity index (χ2v) is 6.50. The molecule has 4 heteroatoms. The van der Waals surface area contributed by atoms with E-state index < -0.39 is 0 Å². The Morgan fingerprint density at radius 3 is 2.79 bits per heavy atom. The zero-order chi connectivity index (χ0) is 12.8. The minimum atomic E-state index is 0.695. The SMILES string of the molecule is CN1C2CCCC1CC(n1cnc3c1CCNC3)C2. The van der Waals surface area contributed by atoms with Crippen molar-refractivity contribution in [2.75, 3.05) is 13.6 Å². The molecule has 19 heavy (non-hydrogen) atoms. The Bertz CT molecular complexity index is 453. The van der Waals surface area contributed by atoms with Gasteiger partial charge in [-0.1, -0.05) is 6.42 Å². The normalized spacial score (nSPS) is 35.1. The van der Waals surface area contributed by atoms with Crippen molar-refractivity contribution in [1.29, 1.82) is 0 Å². The minimum absolute atomic E-state index is 0.695. The highest BCUT2D eigenvalue weighted by molar-refractivity contribution is 5.17. The summed E-state index contributed by atoms with van der Waals surface area (Å²) in [6.07, 6.45) is 10.1. The molecule has 0 aromatic carbocycles. The van der Waals surface area contributed by atoms with Gasteiger partial charge in [-0.2, -0.15) is 0 Å². The van der Waals surface area contributed by atoms with Crippen LogP contribution in [0.3, 0.4) is 0 Å². The fourth-order valence-corrected chi connectivity index (χ4v) is 4.39. The van der Waals surface area contributed by atoms with E-state index in [1.807, 2.05) is 0 Å². The van der Waals surface area contributed by atoms with Crippen LogP contribution in [-0.2, 0) is 13.0 Å². The molecule has 0 saturated carbocycles. The minimum Gasteiger partial charge on any atom is -0.331 e. The fourth-order valence-electron chi connectivity index (χ4n) is 4.39. The van der Waals surface area contributed by atoms with Crippen molar-refractivity contribution in [2.24, 2.45) is 0 Å². The van der Waals surface area contributed by atoms with Crippen molar-refractivity contribution in [3.63, 3.8) is 0 Å². The lowest BCUT2D eigenvalue weighted by atomic mass is 9.82. The standard InChI is InChI=1S/C15H24N4/c1-18-11-3-2-4-12(18)8-13(7-11)19-10-17-14-9-16-6-5-15(14)19/h10-13,16H,2-9H2,1H3. The molecule has 0 spiro atoms. The van der Waals surface area contributed by atoms with Gasteiger partial charge in [0.2, 0.25) is 0 Å². The van der Waals surface area contributed by atoms with E-state index in [1.54, 1.807) is 0 Å². The number of nitrogens with zero attached hydrogens (tertiary/aromatic N) is 3. The van der Waals surface area contributed by atoms with E-state index in [0.29, 0.717) is 6.04 Å². The quantitative estimate of drug-likeness (QED) is 0.834. The molecule has 3 aliphatic heterocycles. The van der Waals surface area contributed by atoms with Gasteiger partial charge < -0.3 is 14.8 Å². The first-order chi connectivity index (χ1) is 9.33. The molecule has 1 aromatic rings. The molecule has 4 heterocycles. The van der Waals surface area contributed by atoms with Crippen LogP contribution in [0.25, 0.3) is 0 Å². The molecular weight excluding hydrogens is 236 g/mol. The van der Waals surface area contributed by atoms with E-state index >= 15 is 0 Å². The highest BCUT2D eigenvalue weighted by Crippen LogP contribution is 2.39. The number of fused-ring (bicyclic) bond motifs is 3. The lowest BCUT2D eigenvalue weighted by Crippen LogP contribution is -2.50. The smallest absolute Gasteiger partial charge is 0.0954 e. The molecule has 0 amide bonds. The second-order valence-electron chi connectivity index (χ2n) is 6.50. The van der Waals surface area contributed by atoms with Crippen LogP contribution in [0.5, 0.6) is 0 Å². The number of imidazole rings is 1. The molecule has 3 aliphatic rings. The summed E-state index contributed by atoms with van der Waals surface area (Å²) in [5.41, 5.74) is 2.79. The monoisotopic (exact) mass is 260 g/mol. The van der Waals surface area contributed by atoms with E-state index in [0.717, 1.165) is 31.6 Å². The van der Waals surface area contributed by atoms with Gasteiger partial charge >= 0.3 is 0 Å². The molecule has 1 aromatic heterocycles. The number of hydrogen-bond acceptors (Lipinski definition) is 3. The lowest BCUT2D eigenvalue weighted by molar-refractivity contribution is 0.0393. The molecule has 2 atom stereocenters. The number of nitrogens with one attached hydrogen (secondary N) is 1. The van der Waals surface area contributed by atoms with Crippen LogP contribution in [0.2, 0.25) is 0 Å². The molecular formula is C15H24N4. The number of hydrogen-bond donors (Lipinski definition) is 1. The predicted octanol–water partition coefficient (Wildman–Crippen LogP) is 1.72. The molecule has 104 valence electrons. The van der Waals surface area contributed by atoms with Gasteiger partial charge in [-0.3, -0.25) is 0 Å². The summed E-state index contributed by atoms with van der Waals surface area (Å²) in [6.45, 7) is 2.07. The van der Waals surface area contributed by atoms with E-state index in [2.05, 4.69) is 33.1 Å². The van der Waals surface area contributed by atoms with Gasteiger partial charge in [-0.15, -0.1) is 0 Å². The van der Waals surface area contributed by atoms with Gasteiger partial charge in [0.1, 0.15) is 0 Å². The first-order valence-electron chi connectivity index (χ1n) is 7.80. The topological polar surface area (TPSA) is 33.1 Å². The lowest BCUT2D eigenvalue weighted by Gasteiger charge is -2.47. The maximum atomic E-state index is 4.63. The Labute approximate surface area is 115 Å². The Kier molecular flexibility index (Phi) is 2.88. The summed E-state index contributed by atoms with van der Waals surface area (Å²) in [6, 6.07) is 2.30. The van der Waals surface area contributed by atoms with Crippen LogP contribution >= 0.6 is 0 Å². The van der Waals surface area contributed by atoms with Crippen LogP contribution in [0.4, 0.5) is 0 Å². The highest BCUT2D eigenvalue weighted by atomic mass is 15.2. The molecule has 0 radical (unpaired) electrons. The van der Waals surface area contributed by atoms with Crippen LogP contribution in [0.1, 0.15) is 49.5 Å². The van der Waals surface area contributed by atoms with E-state index in [-0.39, 0.29) is 0 Å². The summed E-state index contributed by atoms with van der Waals surface area (Å²) >= 11 is 0. The molecule has 2 fully saturated rings. The van der Waals surface area contributed by atoms with Crippen LogP contribution in [-0.4, -0.2) is 40.1 Å². The van der Waals surface area contributed by atoms with E-state index in [9.17, 15) is 0 Å². The van der Waals surface area contributed by atoms with Gasteiger partial charge in [0.15, 0.2) is 0 Å². The Hall–Kier alpha value is -0.870. The van der Waals surface area contributed by atoms with Crippen molar-refractivity contribution in [2.45, 2.75) is 63.2 Å². The Balaban J connectivity index is 1.61. The molecule has 1 N–H and O–H groups in total. The third-order valence-corrected chi connectivity index (χ3v) is 5.52. The fraction of sp³-hybridized carbons (Fsp3) is 0.800. The molecule has 4 nitrogen and oxygen atoms in total. The van der Waals surface area contributed by atoms with Crippen molar-refractivity contribution >= 4 is 0 Å². The first-order valence-corrected chi connectivity index (χ1v) is 7.80. The van der Waals surface area contributed by atoms with Crippen molar-refractivity contribution in [3.8, 4) is 0 Å². The number of aromatic nitrogens is 2. The summed E-state index contributed by atoms with van der Waals surface area (Å²) in [7, 11) is 2.33. The molecule has 0 aliphatic carbocycles. The van der Waals surface area contributed by atoms with Crippen molar-refractivity contribution < 1.29 is 0 Å². The van der Waals surface area contributed by atoms with Gasteiger partial charge in [-0.25, -0.2) is 4.98 Å². The van der Waals surface area contributed by atoms with Gasteiger partial charge in [0, 0.05) is 43.3 Å². The van der Waals surface area contributed by atoms with Gasteiger partial charge in [0.25, 0.3) is 0 Å². The van der Waals surface area contributed by atoms with Crippen LogP contribution < -0.4 is 5.32 Å². The predicted molar refractivity (Wildman–Crippen MR) is 75.1 cm³/mol. The zero-order valence-electron chi connectivity index (χ0n) is 11.8. The third kappa shape index (κ3) is 1.93. The first kappa shape index (κ1) is 11.9. The van der Waals surface area contributed by atoms with Crippen LogP contribution in [0, 0.1) is 0 Å². The second kappa shape index (κ2) is 4.60. The molecule has 2 saturated heterocycles. The van der Waals surface area contributed by atoms with Gasteiger partial charge in [0.05, 0.1) is 12.0 Å². The third-order valence-electron chi connectivity index (χ3n) is 5.52. The summed E-state index contributed by atoms with van der Waals surface area (Å²) in [4.78, 5) is 7.28. The largest absolute Gasteiger partial charge is 0.331 e. The van der Waals surface area contributed by atoms with E-state index in [4.69, 9.17) is 0 Å². The summed E-state index contributed by atoms with van der Waals surface area (Å²) in [5.74, 6) is 0. The Morgan fingerprint density at radius 1 is 1.21 bits per heavy atom. The van der Waals surface area contributed by atoms with Crippen LogP contribution in [0.15, 0.2) is 6.33 Å². The maximum absolute atomic E-state index is 4.63. The number of rotatable bonds is 1. The average molecular weight is 260 g/mol. The van der Waals surface area contributed by atoms with E-state index in [1.165, 1.54) is 43.5 Å². The Morgan fingerprint density at radius 2 is 2.00 bits per heavy atom. The molecule has 4 rings (SSSR count). The highest BCUT2D eigenvalue weighted by Gasteiger charge is 2.37. The van der Waals surface area contributed by atoms with Crippen molar-refractivity contribution in [3.05, 3.63) is 17.7 Å². The molecule has 2 unspecified atom stereocenters. The summed E-state index contributed by atoms with van der Waals surface area (Å²) < 4.78 is 2.52. The zero-order valence-corrected chi connectivity index (χ0v) is 11.8. The average Bonchev–Trinajstić information content (AvgIpc) is 2.82. The number of piperidine rings is 2. The van der Waals surface area contributed by atoms with Crippen molar-refractivity contribution in [1.82, 2.24) is 19.8 Å².